The number of H-pyrrole nitrogens is 1. The van der Waals surface area contributed by atoms with Crippen molar-refractivity contribution in [2.45, 2.75) is 25.4 Å². The number of rotatable bonds is 5. The topological polar surface area (TPSA) is 77.2 Å². The average Bonchev–Trinajstić information content (AvgIpc) is 3.14. The van der Waals surface area contributed by atoms with Crippen molar-refractivity contribution in [1.29, 1.82) is 0 Å². The molecule has 0 radical (unpaired) electrons. The summed E-state index contributed by atoms with van der Waals surface area (Å²) < 4.78 is 13.3. The summed E-state index contributed by atoms with van der Waals surface area (Å²) in [5.41, 5.74) is 2.36. The van der Waals surface area contributed by atoms with Crippen molar-refractivity contribution in [3.05, 3.63) is 71.7 Å². The molecule has 3 aromatic rings. The highest BCUT2D eigenvalue weighted by molar-refractivity contribution is 5.98. The molecule has 3 N–H and O–H groups in total. The first-order chi connectivity index (χ1) is 15.0. The monoisotopic (exact) mass is 422 g/mol. The second-order valence-electron chi connectivity index (χ2n) is 8.29. The molecule has 1 saturated heterocycles. The fraction of sp³-hybridized carbons (Fsp3) is 0.333. The number of halogens is 1. The minimum absolute atomic E-state index is 0.0274. The third-order valence-corrected chi connectivity index (χ3v) is 5.80. The number of likely N-dealkylation sites (N-methyl/N-ethyl adjacent to an activating group) is 1. The number of fused-ring (bicyclic) bond motifs is 1. The van der Waals surface area contributed by atoms with Crippen molar-refractivity contribution in [1.82, 2.24) is 20.5 Å². The van der Waals surface area contributed by atoms with Gasteiger partial charge in [0, 0.05) is 48.3 Å². The number of aromatic amines is 1. The standard InChI is InChI=1S/C24H27FN4O2/c1-29-14-19(23(30)27-13-16-3-2-4-20(25)11-16)5-7-21(15-29)28-24(31)18-6-8-22-17(12-18)9-10-26-22/h2-4,6,8-12,19,21,26H,5,7,13-15H2,1H3,(H,27,30)(H,28,31)/t19-,21+/m1/s1. The van der Waals surface area contributed by atoms with E-state index in [1.165, 1.54) is 12.1 Å². The molecule has 7 heteroatoms. The van der Waals surface area contributed by atoms with E-state index in [-0.39, 0.29) is 29.6 Å². The molecule has 4 rings (SSSR count). The fourth-order valence-corrected chi connectivity index (χ4v) is 4.19. The van der Waals surface area contributed by atoms with E-state index in [1.54, 1.807) is 12.1 Å². The van der Waals surface area contributed by atoms with Crippen LogP contribution in [0.4, 0.5) is 4.39 Å². The van der Waals surface area contributed by atoms with E-state index in [0.29, 0.717) is 31.6 Å². The zero-order valence-corrected chi connectivity index (χ0v) is 17.5. The molecule has 0 spiro atoms. The molecule has 0 aliphatic carbocycles. The van der Waals surface area contributed by atoms with Crippen LogP contribution >= 0.6 is 0 Å². The molecule has 2 atom stereocenters. The van der Waals surface area contributed by atoms with Crippen molar-refractivity contribution in [3.8, 4) is 0 Å². The van der Waals surface area contributed by atoms with Crippen molar-refractivity contribution in [3.63, 3.8) is 0 Å². The second kappa shape index (κ2) is 9.31. The molecule has 31 heavy (non-hydrogen) atoms. The predicted molar refractivity (Wildman–Crippen MR) is 118 cm³/mol. The summed E-state index contributed by atoms with van der Waals surface area (Å²) in [7, 11) is 1.96. The SMILES string of the molecule is CN1C[C@@H](NC(=O)c2ccc3[nH]ccc3c2)CC[C@@H](C(=O)NCc2cccc(F)c2)C1. The van der Waals surface area contributed by atoms with Gasteiger partial charge in [-0.25, -0.2) is 4.39 Å². The Hall–Kier alpha value is -3.19. The van der Waals surface area contributed by atoms with Gasteiger partial charge in [-0.05, 0) is 61.9 Å². The highest BCUT2D eigenvalue weighted by Gasteiger charge is 2.27. The van der Waals surface area contributed by atoms with Crippen LogP contribution in [0.25, 0.3) is 10.9 Å². The maximum atomic E-state index is 13.3. The molecule has 162 valence electrons. The quantitative estimate of drug-likeness (QED) is 0.591. The van der Waals surface area contributed by atoms with Gasteiger partial charge in [0.05, 0.1) is 5.92 Å². The normalized spacial score (nSPS) is 19.7. The van der Waals surface area contributed by atoms with Gasteiger partial charge in [0.2, 0.25) is 5.91 Å². The van der Waals surface area contributed by atoms with Crippen LogP contribution < -0.4 is 10.6 Å². The maximum Gasteiger partial charge on any atom is 0.251 e. The number of hydrogen-bond acceptors (Lipinski definition) is 3. The van der Waals surface area contributed by atoms with E-state index in [4.69, 9.17) is 0 Å². The minimum Gasteiger partial charge on any atom is -0.361 e. The van der Waals surface area contributed by atoms with Crippen molar-refractivity contribution in [2.24, 2.45) is 5.92 Å². The van der Waals surface area contributed by atoms with Gasteiger partial charge in [-0.2, -0.15) is 0 Å². The molecule has 2 amide bonds. The molecule has 0 saturated carbocycles. The molecular formula is C24H27FN4O2. The van der Waals surface area contributed by atoms with E-state index >= 15 is 0 Å². The minimum atomic E-state index is -0.310. The van der Waals surface area contributed by atoms with Gasteiger partial charge in [0.1, 0.15) is 5.82 Å². The van der Waals surface area contributed by atoms with Crippen LogP contribution in [0, 0.1) is 11.7 Å². The van der Waals surface area contributed by atoms with Gasteiger partial charge < -0.3 is 20.5 Å². The fourth-order valence-electron chi connectivity index (χ4n) is 4.19. The summed E-state index contributed by atoms with van der Waals surface area (Å²) in [6.45, 7) is 1.61. The molecule has 1 aliphatic rings. The van der Waals surface area contributed by atoms with E-state index in [0.717, 1.165) is 22.9 Å². The van der Waals surface area contributed by atoms with E-state index in [2.05, 4.69) is 20.5 Å². The summed E-state index contributed by atoms with van der Waals surface area (Å²) in [4.78, 5) is 30.6. The largest absolute Gasteiger partial charge is 0.361 e. The van der Waals surface area contributed by atoms with E-state index in [1.807, 2.05) is 37.5 Å². The maximum absolute atomic E-state index is 13.3. The number of nitrogens with one attached hydrogen (secondary N) is 3. The Bertz CT molecular complexity index is 1080. The summed E-state index contributed by atoms with van der Waals surface area (Å²) in [6.07, 6.45) is 3.26. The smallest absolute Gasteiger partial charge is 0.251 e. The number of carbonyl (C=O) groups excluding carboxylic acids is 2. The first kappa shape index (κ1) is 21.1. The summed E-state index contributed by atoms with van der Waals surface area (Å²) in [5, 5.41) is 7.04. The van der Waals surface area contributed by atoms with Crippen LogP contribution in [0.1, 0.15) is 28.8 Å². The zero-order valence-electron chi connectivity index (χ0n) is 17.5. The van der Waals surface area contributed by atoms with Gasteiger partial charge in [0.25, 0.3) is 5.91 Å². The van der Waals surface area contributed by atoms with Gasteiger partial charge in [-0.1, -0.05) is 12.1 Å². The number of nitrogens with zero attached hydrogens (tertiary/aromatic N) is 1. The Balaban J connectivity index is 1.32. The second-order valence-corrected chi connectivity index (χ2v) is 8.29. The highest BCUT2D eigenvalue weighted by atomic mass is 19.1. The summed E-state index contributed by atoms with van der Waals surface area (Å²) in [5.74, 6) is -0.622. The molecule has 2 aromatic carbocycles. The number of hydrogen-bond donors (Lipinski definition) is 3. The van der Waals surface area contributed by atoms with Crippen molar-refractivity contribution < 1.29 is 14.0 Å². The summed E-state index contributed by atoms with van der Waals surface area (Å²) >= 11 is 0. The lowest BCUT2D eigenvalue weighted by Gasteiger charge is -2.22. The van der Waals surface area contributed by atoms with Crippen LogP contribution in [0.15, 0.2) is 54.7 Å². The Kier molecular flexibility index (Phi) is 6.32. The Morgan fingerprint density at radius 3 is 2.84 bits per heavy atom. The van der Waals surface area contributed by atoms with E-state index in [9.17, 15) is 14.0 Å². The average molecular weight is 423 g/mol. The lowest BCUT2D eigenvalue weighted by Crippen LogP contribution is -2.42. The van der Waals surface area contributed by atoms with Crippen LogP contribution in [0.5, 0.6) is 0 Å². The number of carbonyl (C=O) groups is 2. The highest BCUT2D eigenvalue weighted by Crippen LogP contribution is 2.18. The number of amides is 2. The molecular weight excluding hydrogens is 395 g/mol. The van der Waals surface area contributed by atoms with Crippen LogP contribution in [-0.4, -0.2) is 47.9 Å². The first-order valence-electron chi connectivity index (χ1n) is 10.6. The third-order valence-electron chi connectivity index (χ3n) is 5.80. The molecule has 1 fully saturated rings. The first-order valence-corrected chi connectivity index (χ1v) is 10.6. The third kappa shape index (κ3) is 5.30. The number of likely N-dealkylation sites (tertiary alicyclic amines) is 1. The Labute approximate surface area is 180 Å². The molecule has 1 aliphatic heterocycles. The zero-order chi connectivity index (χ0) is 21.8. The van der Waals surface area contributed by atoms with Crippen molar-refractivity contribution >= 4 is 22.7 Å². The predicted octanol–water partition coefficient (Wildman–Crippen LogP) is 3.06. The van der Waals surface area contributed by atoms with Gasteiger partial charge in [-0.3, -0.25) is 9.59 Å². The van der Waals surface area contributed by atoms with Gasteiger partial charge in [0.15, 0.2) is 0 Å². The van der Waals surface area contributed by atoms with Gasteiger partial charge >= 0.3 is 0 Å². The van der Waals surface area contributed by atoms with E-state index < -0.39 is 0 Å². The molecule has 0 unspecified atom stereocenters. The number of benzene rings is 2. The van der Waals surface area contributed by atoms with Crippen molar-refractivity contribution in [2.75, 3.05) is 20.1 Å². The van der Waals surface area contributed by atoms with Crippen LogP contribution in [0.3, 0.4) is 0 Å². The molecule has 2 heterocycles. The molecule has 1 aromatic heterocycles. The van der Waals surface area contributed by atoms with Crippen LogP contribution in [0.2, 0.25) is 0 Å². The van der Waals surface area contributed by atoms with Crippen LogP contribution in [-0.2, 0) is 11.3 Å². The lowest BCUT2D eigenvalue weighted by molar-refractivity contribution is -0.125. The number of aromatic nitrogens is 1. The Morgan fingerprint density at radius 2 is 2.00 bits per heavy atom. The lowest BCUT2D eigenvalue weighted by atomic mass is 10.0. The summed E-state index contributed by atoms with van der Waals surface area (Å²) in [6, 6.07) is 13.8. The molecule has 0 bridgehead atoms. The molecule has 6 nitrogen and oxygen atoms in total. The Morgan fingerprint density at radius 1 is 1.13 bits per heavy atom. The van der Waals surface area contributed by atoms with Gasteiger partial charge in [-0.15, -0.1) is 0 Å².